The van der Waals surface area contributed by atoms with Gasteiger partial charge < -0.3 is 4.98 Å². The molecule has 3 heterocycles. The van der Waals surface area contributed by atoms with Gasteiger partial charge in [-0.2, -0.15) is 5.10 Å². The molecule has 0 radical (unpaired) electrons. The van der Waals surface area contributed by atoms with Crippen LogP contribution in [0.1, 0.15) is 5.56 Å². The summed E-state index contributed by atoms with van der Waals surface area (Å²) in [5.41, 5.74) is 5.13. The minimum absolute atomic E-state index is 0.586. The summed E-state index contributed by atoms with van der Waals surface area (Å²) in [6.07, 6.45) is 8.11. The molecule has 88 valence electrons. The first-order chi connectivity index (χ1) is 8.93. The predicted octanol–water partition coefficient (Wildman–Crippen LogP) is 1.19. The van der Waals surface area contributed by atoms with Crippen LogP contribution in [0, 0.1) is 0 Å². The standard InChI is InChI=1S/C11H9N7/c1-3-12-4-2-8(1)5-17-18-11-9-10(14-6-13-9)15-7-16-11/h1-7H,(H2,13,14,15,16,18)/b17-5-. The predicted molar refractivity (Wildman–Crippen MR) is 67.1 cm³/mol. The second kappa shape index (κ2) is 4.58. The van der Waals surface area contributed by atoms with Crippen LogP contribution >= 0.6 is 0 Å². The fourth-order valence-corrected chi connectivity index (χ4v) is 1.47. The van der Waals surface area contributed by atoms with Crippen LogP contribution in [-0.2, 0) is 0 Å². The first kappa shape index (κ1) is 10.3. The van der Waals surface area contributed by atoms with Crippen molar-refractivity contribution in [2.75, 3.05) is 5.43 Å². The smallest absolute Gasteiger partial charge is 0.182 e. The number of H-pyrrole nitrogens is 1. The highest BCUT2D eigenvalue weighted by Crippen LogP contribution is 2.13. The van der Waals surface area contributed by atoms with E-state index in [0.29, 0.717) is 11.5 Å². The Labute approximate surface area is 102 Å². The average molecular weight is 239 g/mol. The number of anilines is 1. The van der Waals surface area contributed by atoms with Crippen molar-refractivity contribution in [2.24, 2.45) is 5.10 Å². The maximum absolute atomic E-state index is 4.10. The summed E-state index contributed by atoms with van der Waals surface area (Å²) in [5, 5.41) is 4.10. The van der Waals surface area contributed by atoms with Crippen molar-refractivity contribution in [3.05, 3.63) is 42.7 Å². The zero-order valence-electron chi connectivity index (χ0n) is 9.28. The number of aromatic amines is 1. The zero-order valence-corrected chi connectivity index (χ0v) is 9.28. The first-order valence-electron chi connectivity index (χ1n) is 5.26. The number of hydrazone groups is 1. The highest BCUT2D eigenvalue weighted by atomic mass is 15.3. The molecule has 0 spiro atoms. The summed E-state index contributed by atoms with van der Waals surface area (Å²) < 4.78 is 0. The molecule has 0 aliphatic heterocycles. The van der Waals surface area contributed by atoms with Crippen molar-refractivity contribution < 1.29 is 0 Å². The van der Waals surface area contributed by atoms with E-state index in [2.05, 4.69) is 35.4 Å². The van der Waals surface area contributed by atoms with Crippen LogP contribution < -0.4 is 5.43 Å². The van der Waals surface area contributed by atoms with Gasteiger partial charge in [0.25, 0.3) is 0 Å². The summed E-state index contributed by atoms with van der Waals surface area (Å²) in [7, 11) is 0. The second-order valence-corrected chi connectivity index (χ2v) is 3.47. The third kappa shape index (κ3) is 2.01. The quantitative estimate of drug-likeness (QED) is 0.529. The van der Waals surface area contributed by atoms with Crippen molar-refractivity contribution in [1.82, 2.24) is 24.9 Å². The van der Waals surface area contributed by atoms with E-state index in [9.17, 15) is 0 Å². The van der Waals surface area contributed by atoms with Crippen molar-refractivity contribution in [2.45, 2.75) is 0 Å². The molecule has 3 rings (SSSR count). The van der Waals surface area contributed by atoms with Crippen LogP contribution in [0.4, 0.5) is 5.82 Å². The zero-order chi connectivity index (χ0) is 12.2. The van der Waals surface area contributed by atoms with Crippen LogP contribution in [0.2, 0.25) is 0 Å². The SMILES string of the molecule is C(=N/Nc1ncnc2nc[nH]c12)/c1ccncc1. The Kier molecular flexibility index (Phi) is 2.63. The lowest BCUT2D eigenvalue weighted by Gasteiger charge is -1.99. The van der Waals surface area contributed by atoms with Gasteiger partial charge in [0.1, 0.15) is 11.8 Å². The van der Waals surface area contributed by atoms with Gasteiger partial charge in [0, 0.05) is 12.4 Å². The van der Waals surface area contributed by atoms with Gasteiger partial charge in [-0.25, -0.2) is 15.0 Å². The Balaban J connectivity index is 1.81. The Morgan fingerprint density at radius 1 is 1.17 bits per heavy atom. The molecule has 0 unspecified atom stereocenters. The number of hydrogen-bond donors (Lipinski definition) is 2. The van der Waals surface area contributed by atoms with E-state index in [4.69, 9.17) is 0 Å². The molecular weight excluding hydrogens is 230 g/mol. The molecule has 0 atom stereocenters. The molecular formula is C11H9N7. The van der Waals surface area contributed by atoms with Gasteiger partial charge in [-0.05, 0) is 17.7 Å². The van der Waals surface area contributed by atoms with Crippen LogP contribution in [-0.4, -0.2) is 31.1 Å². The van der Waals surface area contributed by atoms with Gasteiger partial charge >= 0.3 is 0 Å². The van der Waals surface area contributed by atoms with Crippen molar-refractivity contribution in [3.8, 4) is 0 Å². The van der Waals surface area contributed by atoms with E-state index in [1.54, 1.807) is 24.9 Å². The topological polar surface area (TPSA) is 91.7 Å². The lowest BCUT2D eigenvalue weighted by atomic mass is 10.3. The molecule has 2 N–H and O–H groups in total. The van der Waals surface area contributed by atoms with Crippen LogP contribution in [0.25, 0.3) is 11.2 Å². The van der Waals surface area contributed by atoms with E-state index in [1.807, 2.05) is 12.1 Å². The van der Waals surface area contributed by atoms with Crippen LogP contribution in [0.5, 0.6) is 0 Å². The van der Waals surface area contributed by atoms with E-state index in [0.717, 1.165) is 11.1 Å². The molecule has 7 heteroatoms. The lowest BCUT2D eigenvalue weighted by Crippen LogP contribution is -1.95. The molecule has 0 bridgehead atoms. The summed E-state index contributed by atoms with van der Waals surface area (Å²) in [5.74, 6) is 0.586. The number of hydrogen-bond acceptors (Lipinski definition) is 6. The summed E-state index contributed by atoms with van der Waals surface area (Å²) in [6, 6.07) is 3.72. The Hall–Kier alpha value is -2.83. The van der Waals surface area contributed by atoms with Gasteiger partial charge in [0.15, 0.2) is 11.5 Å². The summed E-state index contributed by atoms with van der Waals surface area (Å²) in [6.45, 7) is 0. The van der Waals surface area contributed by atoms with Gasteiger partial charge in [-0.3, -0.25) is 10.4 Å². The molecule has 0 aromatic carbocycles. The molecule has 3 aromatic heterocycles. The van der Waals surface area contributed by atoms with Gasteiger partial charge in [0.2, 0.25) is 0 Å². The number of rotatable bonds is 3. The number of fused-ring (bicyclic) bond motifs is 1. The van der Waals surface area contributed by atoms with Crippen molar-refractivity contribution >= 4 is 23.2 Å². The number of imidazole rings is 1. The van der Waals surface area contributed by atoms with Crippen molar-refractivity contribution in [3.63, 3.8) is 0 Å². The fourth-order valence-electron chi connectivity index (χ4n) is 1.47. The number of pyridine rings is 1. The molecule has 0 saturated carbocycles. The largest absolute Gasteiger partial charge is 0.340 e. The molecule has 0 saturated heterocycles. The van der Waals surface area contributed by atoms with E-state index >= 15 is 0 Å². The number of nitrogens with zero attached hydrogens (tertiary/aromatic N) is 5. The minimum Gasteiger partial charge on any atom is -0.340 e. The number of nitrogens with one attached hydrogen (secondary N) is 2. The average Bonchev–Trinajstić information content (AvgIpc) is 2.89. The minimum atomic E-state index is 0.586. The maximum Gasteiger partial charge on any atom is 0.182 e. The Morgan fingerprint density at radius 2 is 2.06 bits per heavy atom. The van der Waals surface area contributed by atoms with E-state index < -0.39 is 0 Å². The normalized spacial score (nSPS) is 11.1. The Morgan fingerprint density at radius 3 is 2.94 bits per heavy atom. The fraction of sp³-hybridized carbons (Fsp3) is 0. The third-order valence-corrected chi connectivity index (χ3v) is 2.31. The highest BCUT2D eigenvalue weighted by molar-refractivity contribution is 5.84. The monoisotopic (exact) mass is 239 g/mol. The van der Waals surface area contributed by atoms with Crippen LogP contribution in [0.15, 0.2) is 42.3 Å². The van der Waals surface area contributed by atoms with Gasteiger partial charge in [-0.15, -0.1) is 0 Å². The van der Waals surface area contributed by atoms with Gasteiger partial charge in [0.05, 0.1) is 12.5 Å². The first-order valence-corrected chi connectivity index (χ1v) is 5.26. The second-order valence-electron chi connectivity index (χ2n) is 3.47. The summed E-state index contributed by atoms with van der Waals surface area (Å²) >= 11 is 0. The highest BCUT2D eigenvalue weighted by Gasteiger charge is 2.03. The molecule has 0 fully saturated rings. The summed E-state index contributed by atoms with van der Waals surface area (Å²) in [4.78, 5) is 19.0. The molecule has 0 aliphatic carbocycles. The van der Waals surface area contributed by atoms with Gasteiger partial charge in [-0.1, -0.05) is 0 Å². The molecule has 0 amide bonds. The molecule has 3 aromatic rings. The van der Waals surface area contributed by atoms with E-state index in [-0.39, 0.29) is 0 Å². The Bertz CT molecular complexity index is 674. The third-order valence-electron chi connectivity index (χ3n) is 2.31. The molecule has 0 aliphatic rings. The van der Waals surface area contributed by atoms with Crippen LogP contribution in [0.3, 0.4) is 0 Å². The molecule has 7 nitrogen and oxygen atoms in total. The maximum atomic E-state index is 4.10. The lowest BCUT2D eigenvalue weighted by molar-refractivity contribution is 1.17. The number of aromatic nitrogens is 5. The van der Waals surface area contributed by atoms with E-state index in [1.165, 1.54) is 6.33 Å². The van der Waals surface area contributed by atoms with Crippen molar-refractivity contribution in [1.29, 1.82) is 0 Å². The molecule has 18 heavy (non-hydrogen) atoms.